The lowest BCUT2D eigenvalue weighted by atomic mass is 10.1. The summed E-state index contributed by atoms with van der Waals surface area (Å²) in [6.07, 6.45) is 0. The van der Waals surface area contributed by atoms with Crippen LogP contribution in [-0.4, -0.2) is 9.97 Å². The first-order valence-electron chi connectivity index (χ1n) is 12.9. The highest BCUT2D eigenvalue weighted by molar-refractivity contribution is 5.82. The van der Waals surface area contributed by atoms with Gasteiger partial charge in [-0.1, -0.05) is 24.3 Å². The maximum atomic E-state index is 9.64. The lowest BCUT2D eigenvalue weighted by Crippen LogP contribution is -2.10. The van der Waals surface area contributed by atoms with Crippen molar-refractivity contribution >= 4 is 39.3 Å². The number of aromatic nitrogens is 2. The fourth-order valence-corrected chi connectivity index (χ4v) is 4.81. The molecule has 0 aliphatic carbocycles. The summed E-state index contributed by atoms with van der Waals surface area (Å²) in [5.41, 5.74) is 7.86. The minimum atomic E-state index is 0.398. The van der Waals surface area contributed by atoms with Crippen molar-refractivity contribution in [3.05, 3.63) is 126 Å². The highest BCUT2D eigenvalue weighted by Crippen LogP contribution is 2.38. The van der Waals surface area contributed by atoms with Gasteiger partial charge in [-0.2, -0.15) is 10.5 Å². The Morgan fingerprint density at radius 2 is 0.951 bits per heavy atom. The van der Waals surface area contributed by atoms with Crippen LogP contribution >= 0.6 is 0 Å². The van der Waals surface area contributed by atoms with Gasteiger partial charge in [-0.3, -0.25) is 0 Å². The molecule has 0 fully saturated rings. The number of nitrogens with zero attached hydrogens (tertiary/aromatic N) is 5. The first-order valence-corrected chi connectivity index (χ1v) is 12.9. The zero-order valence-electron chi connectivity index (χ0n) is 21.5. The molecule has 0 saturated heterocycles. The van der Waals surface area contributed by atoms with Gasteiger partial charge in [0, 0.05) is 28.2 Å². The van der Waals surface area contributed by atoms with Crippen molar-refractivity contribution in [2.45, 2.75) is 0 Å². The molecular weight excluding hydrogens is 510 g/mol. The van der Waals surface area contributed by atoms with Gasteiger partial charge in [0.15, 0.2) is 11.2 Å². The molecule has 0 unspecified atom stereocenters. The van der Waals surface area contributed by atoms with Crippen molar-refractivity contribution in [2.24, 2.45) is 0 Å². The topological polar surface area (TPSA) is 103 Å². The van der Waals surface area contributed by atoms with Crippen molar-refractivity contribution in [2.75, 3.05) is 4.90 Å². The average Bonchev–Trinajstić information content (AvgIpc) is 3.66. The van der Waals surface area contributed by atoms with Crippen LogP contribution in [0.3, 0.4) is 0 Å². The Labute approximate surface area is 234 Å². The van der Waals surface area contributed by atoms with Gasteiger partial charge in [0.25, 0.3) is 0 Å². The summed E-state index contributed by atoms with van der Waals surface area (Å²) in [5.74, 6) is 1.07. The molecule has 5 aromatic carbocycles. The standard InChI is InChI=1S/C34H19N5O2/c35-20-22-17-23(21-36)19-28(18-22)39(26-13-9-24(10-14-26)33-37-29-5-1-3-7-31(29)40-33)27-15-11-25(12-16-27)34-38-30-6-2-4-8-32(30)41-34/h1-19H. The average molecular weight is 530 g/mol. The molecule has 2 heterocycles. The van der Waals surface area contributed by atoms with E-state index in [1.54, 1.807) is 18.2 Å². The Morgan fingerprint density at radius 3 is 1.37 bits per heavy atom. The zero-order valence-corrected chi connectivity index (χ0v) is 21.5. The molecular formula is C34H19N5O2. The van der Waals surface area contributed by atoms with Gasteiger partial charge < -0.3 is 13.7 Å². The first-order chi connectivity index (χ1) is 20.2. The van der Waals surface area contributed by atoms with E-state index in [-0.39, 0.29) is 0 Å². The number of hydrogen-bond acceptors (Lipinski definition) is 7. The van der Waals surface area contributed by atoms with E-state index in [0.717, 1.165) is 44.7 Å². The molecule has 7 aromatic rings. The summed E-state index contributed by atoms with van der Waals surface area (Å²) < 4.78 is 11.9. The van der Waals surface area contributed by atoms with E-state index in [1.807, 2.05) is 102 Å². The molecule has 0 atom stereocenters. The molecule has 7 heteroatoms. The molecule has 0 amide bonds. The molecule has 0 aliphatic rings. The van der Waals surface area contributed by atoms with E-state index < -0.39 is 0 Å². The Kier molecular flexibility index (Phi) is 5.74. The first kappa shape index (κ1) is 23.9. The van der Waals surface area contributed by atoms with Crippen molar-refractivity contribution in [3.63, 3.8) is 0 Å². The molecule has 7 rings (SSSR count). The predicted octanol–water partition coefficient (Wildman–Crippen LogP) is 8.52. The number of anilines is 3. The summed E-state index contributed by atoms with van der Waals surface area (Å²) in [6, 6.07) is 40.4. The van der Waals surface area contributed by atoms with Crippen LogP contribution in [0, 0.1) is 22.7 Å². The van der Waals surface area contributed by atoms with E-state index >= 15 is 0 Å². The van der Waals surface area contributed by atoms with Crippen molar-refractivity contribution < 1.29 is 8.83 Å². The predicted molar refractivity (Wildman–Crippen MR) is 157 cm³/mol. The Bertz CT molecular complexity index is 1910. The van der Waals surface area contributed by atoms with E-state index in [1.165, 1.54) is 0 Å². The molecule has 0 radical (unpaired) electrons. The fourth-order valence-electron chi connectivity index (χ4n) is 4.81. The summed E-state index contributed by atoms with van der Waals surface area (Å²) >= 11 is 0. The van der Waals surface area contributed by atoms with Crippen LogP contribution in [0.2, 0.25) is 0 Å². The monoisotopic (exact) mass is 529 g/mol. The Hall–Kier alpha value is -6.18. The number of rotatable bonds is 5. The Morgan fingerprint density at radius 1 is 0.512 bits per heavy atom. The maximum Gasteiger partial charge on any atom is 0.227 e. The fraction of sp³-hybridized carbons (Fsp3) is 0. The molecule has 192 valence electrons. The Balaban J connectivity index is 1.30. The number of hydrogen-bond donors (Lipinski definition) is 0. The summed E-state index contributed by atoms with van der Waals surface area (Å²) in [7, 11) is 0. The van der Waals surface area contributed by atoms with Crippen LogP contribution in [0.4, 0.5) is 17.1 Å². The lowest BCUT2D eigenvalue weighted by Gasteiger charge is -2.26. The van der Waals surface area contributed by atoms with Crippen LogP contribution in [0.1, 0.15) is 11.1 Å². The molecule has 0 aliphatic heterocycles. The smallest absolute Gasteiger partial charge is 0.227 e. The minimum absolute atomic E-state index is 0.398. The second kappa shape index (κ2) is 9.85. The quantitative estimate of drug-likeness (QED) is 0.220. The number of para-hydroxylation sites is 4. The van der Waals surface area contributed by atoms with Crippen molar-refractivity contribution in [1.82, 2.24) is 9.97 Å². The third kappa shape index (κ3) is 4.44. The number of oxazole rings is 2. The van der Waals surface area contributed by atoms with E-state index in [0.29, 0.717) is 28.6 Å². The highest BCUT2D eigenvalue weighted by Gasteiger charge is 2.17. The van der Waals surface area contributed by atoms with Gasteiger partial charge in [-0.25, -0.2) is 9.97 Å². The third-order valence-corrected chi connectivity index (χ3v) is 6.77. The lowest BCUT2D eigenvalue weighted by molar-refractivity contribution is 0.619. The van der Waals surface area contributed by atoms with Gasteiger partial charge >= 0.3 is 0 Å². The molecule has 7 nitrogen and oxygen atoms in total. The minimum Gasteiger partial charge on any atom is -0.436 e. The molecule has 2 aromatic heterocycles. The van der Waals surface area contributed by atoms with Crippen LogP contribution in [0.15, 0.2) is 124 Å². The van der Waals surface area contributed by atoms with Crippen LogP contribution < -0.4 is 4.90 Å². The number of benzene rings is 5. The van der Waals surface area contributed by atoms with Gasteiger partial charge in [0.05, 0.1) is 23.3 Å². The largest absolute Gasteiger partial charge is 0.436 e. The number of nitriles is 2. The molecule has 41 heavy (non-hydrogen) atoms. The molecule has 0 saturated carbocycles. The van der Waals surface area contributed by atoms with E-state index in [4.69, 9.17) is 8.83 Å². The van der Waals surface area contributed by atoms with Gasteiger partial charge in [-0.05, 0) is 91.0 Å². The van der Waals surface area contributed by atoms with Crippen molar-refractivity contribution in [3.8, 4) is 35.0 Å². The third-order valence-electron chi connectivity index (χ3n) is 6.77. The molecule has 0 spiro atoms. The molecule has 0 N–H and O–H groups in total. The normalized spacial score (nSPS) is 10.9. The maximum absolute atomic E-state index is 9.64. The second-order valence-corrected chi connectivity index (χ2v) is 9.39. The molecule has 0 bridgehead atoms. The summed E-state index contributed by atoms with van der Waals surface area (Å²) in [4.78, 5) is 11.2. The van der Waals surface area contributed by atoms with Crippen LogP contribution in [0.5, 0.6) is 0 Å². The van der Waals surface area contributed by atoms with E-state index in [2.05, 4.69) is 22.1 Å². The van der Waals surface area contributed by atoms with Crippen LogP contribution in [-0.2, 0) is 0 Å². The SMILES string of the molecule is N#Cc1cc(C#N)cc(N(c2ccc(-c3nc4ccccc4o3)cc2)c2ccc(-c3nc4ccccc4o3)cc2)c1. The summed E-state index contributed by atoms with van der Waals surface area (Å²) in [6.45, 7) is 0. The van der Waals surface area contributed by atoms with Gasteiger partial charge in [0.1, 0.15) is 11.0 Å². The summed E-state index contributed by atoms with van der Waals surface area (Å²) in [5, 5.41) is 19.3. The second-order valence-electron chi connectivity index (χ2n) is 9.39. The number of fused-ring (bicyclic) bond motifs is 2. The highest BCUT2D eigenvalue weighted by atomic mass is 16.4. The van der Waals surface area contributed by atoms with Crippen molar-refractivity contribution in [1.29, 1.82) is 10.5 Å². The van der Waals surface area contributed by atoms with Crippen LogP contribution in [0.25, 0.3) is 45.1 Å². The van der Waals surface area contributed by atoms with Gasteiger partial charge in [-0.15, -0.1) is 0 Å². The zero-order chi connectivity index (χ0) is 27.8. The van der Waals surface area contributed by atoms with E-state index in [9.17, 15) is 10.5 Å². The van der Waals surface area contributed by atoms with Gasteiger partial charge in [0.2, 0.25) is 11.8 Å².